The first-order valence-corrected chi connectivity index (χ1v) is 8.61. The molecule has 1 aromatic heterocycles. The normalized spacial score (nSPS) is 13.8. The van der Waals surface area contributed by atoms with Crippen molar-refractivity contribution in [3.8, 4) is 11.5 Å². The average Bonchev–Trinajstić information content (AvgIpc) is 2.81. The lowest BCUT2D eigenvalue weighted by Gasteiger charge is -2.10. The second-order valence-electron chi connectivity index (χ2n) is 5.06. The van der Waals surface area contributed by atoms with E-state index < -0.39 is 0 Å². The minimum absolute atomic E-state index is 0. The summed E-state index contributed by atoms with van der Waals surface area (Å²) in [5.74, 6) is 1.87. The summed E-state index contributed by atoms with van der Waals surface area (Å²) >= 11 is 7.47. The minimum atomic E-state index is 0. The molecule has 2 heterocycles. The highest BCUT2D eigenvalue weighted by atomic mass is 127. The van der Waals surface area contributed by atoms with Crippen LogP contribution in [0.3, 0.4) is 0 Å². The van der Waals surface area contributed by atoms with E-state index in [1.807, 2.05) is 30.3 Å². The first-order valence-electron chi connectivity index (χ1n) is 7.41. The van der Waals surface area contributed by atoms with Crippen molar-refractivity contribution in [2.45, 2.75) is 12.8 Å². The van der Waals surface area contributed by atoms with E-state index >= 15 is 0 Å². The van der Waals surface area contributed by atoms with Gasteiger partial charge in [-0.2, -0.15) is 0 Å². The molecule has 0 radical (unpaired) electrons. The average molecular weight is 480 g/mol. The molecule has 0 fully saturated rings. The monoisotopic (exact) mass is 479 g/mol. The molecular weight excluding hydrogens is 461 g/mol. The maximum atomic E-state index is 5.93. The van der Waals surface area contributed by atoms with Crippen molar-refractivity contribution in [2.75, 3.05) is 25.1 Å². The van der Waals surface area contributed by atoms with Crippen LogP contribution in [-0.2, 0) is 6.42 Å². The molecule has 8 heteroatoms. The van der Waals surface area contributed by atoms with Gasteiger partial charge in [0.15, 0.2) is 17.5 Å². The van der Waals surface area contributed by atoms with Gasteiger partial charge in [0.25, 0.3) is 0 Å². The zero-order valence-electron chi connectivity index (χ0n) is 13.0. The summed E-state index contributed by atoms with van der Waals surface area (Å²) in [6, 6.07) is 9.56. The lowest BCUT2D eigenvalue weighted by atomic mass is 10.3. The van der Waals surface area contributed by atoms with E-state index in [2.05, 4.69) is 10.3 Å². The van der Waals surface area contributed by atoms with E-state index in [0.29, 0.717) is 25.7 Å². The fourth-order valence-electron chi connectivity index (χ4n) is 2.20. The SMILES string of the molecule is I.NC(=NCCc1ccc(Cl)s1)Nc1ccc2c(c1)OCCCO2. The lowest BCUT2D eigenvalue weighted by Crippen LogP contribution is -2.23. The second kappa shape index (κ2) is 9.33. The number of aliphatic imine (C=N–C) groups is 1. The third kappa shape index (κ3) is 5.42. The third-order valence-electron chi connectivity index (χ3n) is 3.29. The molecule has 3 N–H and O–H groups in total. The Bertz CT molecular complexity index is 708. The van der Waals surface area contributed by atoms with Gasteiger partial charge in [-0.3, -0.25) is 4.99 Å². The fourth-order valence-corrected chi connectivity index (χ4v) is 3.28. The molecule has 0 bridgehead atoms. The maximum absolute atomic E-state index is 5.93. The van der Waals surface area contributed by atoms with Crippen LogP contribution in [0.2, 0.25) is 4.34 Å². The Morgan fingerprint density at radius 2 is 2.00 bits per heavy atom. The summed E-state index contributed by atoms with van der Waals surface area (Å²) in [6.45, 7) is 1.94. The van der Waals surface area contributed by atoms with Gasteiger partial charge in [-0.25, -0.2) is 0 Å². The molecule has 1 aliphatic rings. The van der Waals surface area contributed by atoms with Crippen LogP contribution in [0.15, 0.2) is 35.3 Å². The largest absolute Gasteiger partial charge is 0.490 e. The molecule has 0 saturated carbocycles. The number of halogens is 2. The molecule has 3 rings (SSSR count). The smallest absolute Gasteiger partial charge is 0.193 e. The van der Waals surface area contributed by atoms with Gasteiger partial charge < -0.3 is 20.5 Å². The highest BCUT2D eigenvalue weighted by molar-refractivity contribution is 14.0. The van der Waals surface area contributed by atoms with Gasteiger partial charge in [-0.05, 0) is 24.3 Å². The molecule has 1 aliphatic heterocycles. The van der Waals surface area contributed by atoms with Gasteiger partial charge >= 0.3 is 0 Å². The number of ether oxygens (including phenoxy) is 2. The van der Waals surface area contributed by atoms with Crippen LogP contribution in [0, 0.1) is 0 Å². The van der Waals surface area contributed by atoms with Gasteiger partial charge in [0, 0.05) is 36.0 Å². The zero-order valence-corrected chi connectivity index (χ0v) is 16.9. The Morgan fingerprint density at radius 1 is 1.21 bits per heavy atom. The van der Waals surface area contributed by atoms with Crippen molar-refractivity contribution in [3.05, 3.63) is 39.5 Å². The topological polar surface area (TPSA) is 68.9 Å². The molecule has 1 aromatic carbocycles. The molecule has 0 unspecified atom stereocenters. The molecule has 0 spiro atoms. The number of nitrogens with one attached hydrogen (secondary N) is 1. The maximum Gasteiger partial charge on any atom is 0.193 e. The van der Waals surface area contributed by atoms with Gasteiger partial charge in [0.05, 0.1) is 17.6 Å². The number of thiophene rings is 1. The highest BCUT2D eigenvalue weighted by Gasteiger charge is 2.10. The molecule has 0 amide bonds. The van der Waals surface area contributed by atoms with Gasteiger partial charge in [-0.1, -0.05) is 11.6 Å². The number of nitrogens with two attached hydrogens (primary N) is 1. The van der Waals surface area contributed by atoms with Crippen molar-refractivity contribution in [3.63, 3.8) is 0 Å². The van der Waals surface area contributed by atoms with Crippen molar-refractivity contribution in [1.29, 1.82) is 0 Å². The number of rotatable bonds is 4. The van der Waals surface area contributed by atoms with Gasteiger partial charge in [0.2, 0.25) is 0 Å². The number of guanidine groups is 1. The number of hydrogen-bond donors (Lipinski definition) is 2. The predicted octanol–water partition coefficient (Wildman–Crippen LogP) is 4.15. The first kappa shape index (κ1) is 19.1. The van der Waals surface area contributed by atoms with Crippen molar-refractivity contribution >= 4 is 58.6 Å². The van der Waals surface area contributed by atoms with E-state index in [1.54, 1.807) is 11.3 Å². The Morgan fingerprint density at radius 3 is 2.75 bits per heavy atom. The molecule has 0 saturated heterocycles. The summed E-state index contributed by atoms with van der Waals surface area (Å²) in [6.07, 6.45) is 1.70. The van der Waals surface area contributed by atoms with Gasteiger partial charge in [-0.15, -0.1) is 35.3 Å². The van der Waals surface area contributed by atoms with Crippen molar-refractivity contribution in [1.82, 2.24) is 0 Å². The molecule has 130 valence electrons. The summed E-state index contributed by atoms with van der Waals surface area (Å²) in [5.41, 5.74) is 6.75. The Kier molecular flexibility index (Phi) is 7.44. The lowest BCUT2D eigenvalue weighted by molar-refractivity contribution is 0.297. The summed E-state index contributed by atoms with van der Waals surface area (Å²) in [5, 5.41) is 3.07. The van der Waals surface area contributed by atoms with E-state index in [0.717, 1.165) is 34.4 Å². The van der Waals surface area contributed by atoms with Crippen molar-refractivity contribution < 1.29 is 9.47 Å². The second-order valence-corrected chi connectivity index (χ2v) is 6.86. The quantitative estimate of drug-likeness (QED) is 0.393. The zero-order chi connectivity index (χ0) is 16.1. The molecule has 2 aromatic rings. The van der Waals surface area contributed by atoms with Crippen LogP contribution in [0.4, 0.5) is 5.69 Å². The number of anilines is 1. The van der Waals surface area contributed by atoms with Crippen LogP contribution in [0.1, 0.15) is 11.3 Å². The Balaban J connectivity index is 0.00000208. The molecule has 24 heavy (non-hydrogen) atoms. The van der Waals surface area contributed by atoms with E-state index in [1.165, 1.54) is 4.88 Å². The van der Waals surface area contributed by atoms with Crippen LogP contribution in [0.25, 0.3) is 0 Å². The standard InChI is InChI=1S/C16H18ClN3O2S.HI/c17-15-5-3-12(23-15)6-7-19-16(18)20-11-2-4-13-14(10-11)22-9-1-8-21-13;/h2-5,10H,1,6-9H2,(H3,18,19,20);1H. The van der Waals surface area contributed by atoms with Crippen LogP contribution in [-0.4, -0.2) is 25.7 Å². The fraction of sp³-hybridized carbons (Fsp3) is 0.312. The molecular formula is C16H19ClIN3O2S. The first-order chi connectivity index (χ1) is 11.2. The van der Waals surface area contributed by atoms with Crippen LogP contribution >= 0.6 is 46.9 Å². The summed E-state index contributed by atoms with van der Waals surface area (Å²) in [7, 11) is 0. The number of benzene rings is 1. The van der Waals surface area contributed by atoms with Gasteiger partial charge in [0.1, 0.15) is 0 Å². The predicted molar refractivity (Wildman–Crippen MR) is 111 cm³/mol. The van der Waals surface area contributed by atoms with E-state index in [9.17, 15) is 0 Å². The van der Waals surface area contributed by atoms with Crippen molar-refractivity contribution in [2.24, 2.45) is 10.7 Å². The third-order valence-corrected chi connectivity index (χ3v) is 4.58. The summed E-state index contributed by atoms with van der Waals surface area (Å²) < 4.78 is 12.0. The molecule has 0 atom stereocenters. The van der Waals surface area contributed by atoms with E-state index in [4.69, 9.17) is 26.8 Å². The van der Waals surface area contributed by atoms with Crippen LogP contribution in [0.5, 0.6) is 11.5 Å². The number of fused-ring (bicyclic) bond motifs is 1. The molecule has 5 nitrogen and oxygen atoms in total. The summed E-state index contributed by atoms with van der Waals surface area (Å²) in [4.78, 5) is 5.53. The highest BCUT2D eigenvalue weighted by Crippen LogP contribution is 2.32. The number of nitrogens with zero attached hydrogens (tertiary/aromatic N) is 1. The minimum Gasteiger partial charge on any atom is -0.490 e. The Hall–Kier alpha value is -1.19. The molecule has 0 aliphatic carbocycles. The van der Waals surface area contributed by atoms with Crippen LogP contribution < -0.4 is 20.5 Å². The number of hydrogen-bond acceptors (Lipinski definition) is 4. The van der Waals surface area contributed by atoms with E-state index in [-0.39, 0.29) is 24.0 Å². The Labute approximate surface area is 167 Å².